The average molecular weight is 472 g/mol. The highest BCUT2D eigenvalue weighted by Gasteiger charge is 2.19. The molecule has 2 aromatic heterocycles. The molecule has 0 saturated heterocycles. The van der Waals surface area contributed by atoms with Gasteiger partial charge in [-0.15, -0.1) is 5.10 Å². The number of hydrogen-bond donors (Lipinski definition) is 2. The molecule has 0 aliphatic carbocycles. The molecule has 1 aromatic carbocycles. The Balaban J connectivity index is 1.46. The SMILES string of the molecule is O=C(O)CNc1nc2c(s1)C=CN(c1cn(Cc3cc(Cl)c(Cl)c(Cl)c3)nn1)C2. The van der Waals surface area contributed by atoms with Gasteiger partial charge in [-0.05, 0) is 23.8 Å². The molecule has 8 nitrogen and oxygen atoms in total. The quantitative estimate of drug-likeness (QED) is 0.519. The predicted octanol–water partition coefficient (Wildman–Crippen LogP) is 4.23. The molecule has 29 heavy (non-hydrogen) atoms. The normalized spacial score (nSPS) is 12.9. The Morgan fingerprint density at radius 1 is 1.28 bits per heavy atom. The summed E-state index contributed by atoms with van der Waals surface area (Å²) < 4.78 is 1.68. The average Bonchev–Trinajstić information content (AvgIpc) is 3.30. The van der Waals surface area contributed by atoms with Gasteiger partial charge in [0.2, 0.25) is 0 Å². The molecule has 0 amide bonds. The van der Waals surface area contributed by atoms with Crippen LogP contribution in [0.15, 0.2) is 24.5 Å². The van der Waals surface area contributed by atoms with Crippen molar-refractivity contribution >= 4 is 69.1 Å². The van der Waals surface area contributed by atoms with Crippen molar-refractivity contribution in [3.63, 3.8) is 0 Å². The summed E-state index contributed by atoms with van der Waals surface area (Å²) in [5.41, 5.74) is 1.70. The van der Waals surface area contributed by atoms with Crippen LogP contribution in [0.5, 0.6) is 0 Å². The smallest absolute Gasteiger partial charge is 0.322 e. The Morgan fingerprint density at radius 2 is 2.03 bits per heavy atom. The fourth-order valence-corrected chi connectivity index (χ4v) is 4.25. The second kappa shape index (κ2) is 8.19. The maximum atomic E-state index is 10.7. The number of rotatable bonds is 6. The van der Waals surface area contributed by atoms with Gasteiger partial charge in [-0.25, -0.2) is 9.67 Å². The summed E-state index contributed by atoms with van der Waals surface area (Å²) in [5, 5.41) is 21.6. The maximum absolute atomic E-state index is 10.7. The lowest BCUT2D eigenvalue weighted by Crippen LogP contribution is -2.19. The van der Waals surface area contributed by atoms with Crippen molar-refractivity contribution < 1.29 is 9.90 Å². The fraction of sp³-hybridized carbons (Fsp3) is 0.176. The number of hydrogen-bond acceptors (Lipinski definition) is 7. The molecule has 0 saturated carbocycles. The largest absolute Gasteiger partial charge is 0.480 e. The van der Waals surface area contributed by atoms with Crippen LogP contribution < -0.4 is 10.2 Å². The van der Waals surface area contributed by atoms with Crippen LogP contribution in [0, 0.1) is 0 Å². The van der Waals surface area contributed by atoms with E-state index >= 15 is 0 Å². The Morgan fingerprint density at radius 3 is 2.76 bits per heavy atom. The van der Waals surface area contributed by atoms with Gasteiger partial charge in [0, 0.05) is 6.20 Å². The number of carboxylic acids is 1. The van der Waals surface area contributed by atoms with Crippen molar-refractivity contribution in [2.75, 3.05) is 16.8 Å². The number of aliphatic carboxylic acids is 1. The van der Waals surface area contributed by atoms with Crippen molar-refractivity contribution in [3.8, 4) is 0 Å². The summed E-state index contributed by atoms with van der Waals surface area (Å²) in [6.07, 6.45) is 5.62. The van der Waals surface area contributed by atoms with E-state index in [1.165, 1.54) is 11.3 Å². The molecule has 4 rings (SSSR count). The maximum Gasteiger partial charge on any atom is 0.322 e. The van der Waals surface area contributed by atoms with Crippen LogP contribution >= 0.6 is 46.1 Å². The predicted molar refractivity (Wildman–Crippen MR) is 114 cm³/mol. The lowest BCUT2D eigenvalue weighted by atomic mass is 10.2. The van der Waals surface area contributed by atoms with Crippen LogP contribution in [-0.4, -0.2) is 37.6 Å². The van der Waals surface area contributed by atoms with E-state index in [1.807, 2.05) is 23.4 Å². The Kier molecular flexibility index (Phi) is 5.64. The Hall–Kier alpha value is -2.33. The van der Waals surface area contributed by atoms with E-state index < -0.39 is 5.97 Å². The van der Waals surface area contributed by atoms with Crippen LogP contribution in [0.4, 0.5) is 10.9 Å². The zero-order chi connectivity index (χ0) is 20.5. The summed E-state index contributed by atoms with van der Waals surface area (Å²) in [4.78, 5) is 18.0. The van der Waals surface area contributed by atoms with Gasteiger partial charge in [-0.1, -0.05) is 51.4 Å². The number of thiazole rings is 1. The number of aromatic nitrogens is 4. The zero-order valence-corrected chi connectivity index (χ0v) is 17.7. The number of carboxylic acid groups (broad SMARTS) is 1. The van der Waals surface area contributed by atoms with Crippen molar-refractivity contribution in [2.45, 2.75) is 13.1 Å². The molecule has 3 aromatic rings. The molecule has 0 radical (unpaired) electrons. The third kappa shape index (κ3) is 4.48. The van der Waals surface area contributed by atoms with Crippen molar-refractivity contribution in [1.82, 2.24) is 20.0 Å². The second-order valence-corrected chi connectivity index (χ2v) is 8.39. The molecule has 1 aliphatic heterocycles. The lowest BCUT2D eigenvalue weighted by Gasteiger charge is -2.19. The molecule has 0 fully saturated rings. The van der Waals surface area contributed by atoms with Gasteiger partial charge in [0.15, 0.2) is 10.9 Å². The summed E-state index contributed by atoms with van der Waals surface area (Å²) >= 11 is 19.6. The highest BCUT2D eigenvalue weighted by molar-refractivity contribution is 7.16. The first-order valence-corrected chi connectivity index (χ1v) is 10.3. The van der Waals surface area contributed by atoms with E-state index in [4.69, 9.17) is 39.9 Å². The number of fused-ring (bicyclic) bond motifs is 1. The van der Waals surface area contributed by atoms with E-state index in [1.54, 1.807) is 16.8 Å². The topological polar surface area (TPSA) is 96.2 Å². The number of carbonyl (C=O) groups is 1. The third-order valence-corrected chi connectivity index (χ3v) is 6.27. The summed E-state index contributed by atoms with van der Waals surface area (Å²) in [7, 11) is 0. The van der Waals surface area contributed by atoms with E-state index in [0.717, 1.165) is 16.1 Å². The third-order valence-electron chi connectivity index (χ3n) is 4.05. The van der Waals surface area contributed by atoms with E-state index in [0.29, 0.717) is 39.1 Å². The molecule has 2 N–H and O–H groups in total. The van der Waals surface area contributed by atoms with Gasteiger partial charge in [0.1, 0.15) is 6.54 Å². The van der Waals surface area contributed by atoms with Crippen molar-refractivity contribution in [1.29, 1.82) is 0 Å². The second-order valence-electron chi connectivity index (χ2n) is 6.17. The van der Waals surface area contributed by atoms with Gasteiger partial charge >= 0.3 is 5.97 Å². The monoisotopic (exact) mass is 470 g/mol. The molecular weight excluding hydrogens is 459 g/mol. The van der Waals surface area contributed by atoms with E-state index in [-0.39, 0.29) is 6.54 Å². The van der Waals surface area contributed by atoms with E-state index in [9.17, 15) is 4.79 Å². The van der Waals surface area contributed by atoms with Gasteiger partial charge in [0.25, 0.3) is 0 Å². The Bertz CT molecular complexity index is 1090. The minimum absolute atomic E-state index is 0.174. The first-order valence-electron chi connectivity index (χ1n) is 8.33. The summed E-state index contributed by atoms with van der Waals surface area (Å²) in [6, 6.07) is 3.48. The molecular formula is C17H13Cl3N6O2S. The van der Waals surface area contributed by atoms with Gasteiger partial charge in [-0.3, -0.25) is 4.79 Å². The zero-order valence-electron chi connectivity index (χ0n) is 14.6. The first kappa shape index (κ1) is 20.0. The number of nitrogens with one attached hydrogen (secondary N) is 1. The molecule has 1 aliphatic rings. The van der Waals surface area contributed by atoms with Crippen LogP contribution in [0.25, 0.3) is 6.08 Å². The molecule has 0 unspecified atom stereocenters. The van der Waals surface area contributed by atoms with Gasteiger partial charge in [-0.2, -0.15) is 0 Å². The van der Waals surface area contributed by atoms with Crippen LogP contribution in [0.2, 0.25) is 15.1 Å². The number of anilines is 2. The number of nitrogens with zero attached hydrogens (tertiary/aromatic N) is 5. The highest BCUT2D eigenvalue weighted by atomic mass is 35.5. The fourth-order valence-electron chi connectivity index (χ4n) is 2.75. The number of benzene rings is 1. The summed E-state index contributed by atoms with van der Waals surface area (Å²) in [6.45, 7) is 0.771. The molecule has 0 atom stereocenters. The summed E-state index contributed by atoms with van der Waals surface area (Å²) in [5.74, 6) is -0.277. The molecule has 0 bridgehead atoms. The minimum Gasteiger partial charge on any atom is -0.480 e. The van der Waals surface area contributed by atoms with Crippen molar-refractivity contribution in [2.24, 2.45) is 0 Å². The number of halogens is 3. The van der Waals surface area contributed by atoms with Crippen molar-refractivity contribution in [3.05, 3.63) is 55.7 Å². The molecule has 3 heterocycles. The molecule has 150 valence electrons. The lowest BCUT2D eigenvalue weighted by molar-refractivity contribution is -0.134. The molecule has 0 spiro atoms. The van der Waals surface area contributed by atoms with Crippen LogP contribution in [0.1, 0.15) is 16.1 Å². The minimum atomic E-state index is -0.935. The Labute approximate surface area is 184 Å². The first-order chi connectivity index (χ1) is 13.9. The van der Waals surface area contributed by atoms with Gasteiger partial charge in [0.05, 0.1) is 44.9 Å². The van der Waals surface area contributed by atoms with Crippen LogP contribution in [0.3, 0.4) is 0 Å². The van der Waals surface area contributed by atoms with E-state index in [2.05, 4.69) is 20.6 Å². The van der Waals surface area contributed by atoms with Crippen LogP contribution in [-0.2, 0) is 17.9 Å². The van der Waals surface area contributed by atoms with Gasteiger partial charge < -0.3 is 15.3 Å². The standard InChI is InChI=1S/C17H13Cl3N6O2S/c18-10-3-9(4-11(19)16(10)20)6-26-8-14(23-24-26)25-2-1-13-12(7-25)22-17(29-13)21-5-15(27)28/h1-4,8H,5-7H2,(H,21,22)(H,27,28). The highest BCUT2D eigenvalue weighted by Crippen LogP contribution is 2.32. The molecule has 12 heteroatoms.